The molecule has 0 atom stereocenters. The van der Waals surface area contributed by atoms with E-state index in [2.05, 4.69) is 21.4 Å². The Bertz CT molecular complexity index is 897. The maximum atomic E-state index is 10.8. The Labute approximate surface area is 139 Å². The second-order valence-corrected chi connectivity index (χ2v) is 6.19. The van der Waals surface area contributed by atoms with Crippen LogP contribution >= 0.6 is 0 Å². The maximum absolute atomic E-state index is 10.8. The number of carbonyl (C=O) groups is 1. The highest BCUT2D eigenvalue weighted by atomic mass is 16.1. The summed E-state index contributed by atoms with van der Waals surface area (Å²) in [5, 5.41) is 3.22. The van der Waals surface area contributed by atoms with Gasteiger partial charge in [0.2, 0.25) is 5.91 Å². The molecule has 1 amide bonds. The van der Waals surface area contributed by atoms with Gasteiger partial charge in [0.25, 0.3) is 0 Å². The second-order valence-electron chi connectivity index (χ2n) is 6.19. The topological polar surface area (TPSA) is 96.7 Å². The molecule has 0 spiro atoms. The van der Waals surface area contributed by atoms with Gasteiger partial charge >= 0.3 is 0 Å². The number of fused-ring (bicyclic) bond motifs is 1. The van der Waals surface area contributed by atoms with Gasteiger partial charge in [0.1, 0.15) is 5.52 Å². The molecule has 0 saturated heterocycles. The van der Waals surface area contributed by atoms with Crippen LogP contribution in [0.25, 0.3) is 22.3 Å². The van der Waals surface area contributed by atoms with E-state index in [-0.39, 0.29) is 5.91 Å². The number of anilines is 1. The molecule has 1 fully saturated rings. The van der Waals surface area contributed by atoms with Gasteiger partial charge in [-0.1, -0.05) is 12.1 Å². The number of nitrogens with zero attached hydrogens (tertiary/aromatic N) is 2. The molecular formula is C18H19N5O. The number of aromatic amines is 1. The molecule has 1 aliphatic rings. The first-order chi connectivity index (χ1) is 11.7. The predicted octanol–water partition coefficient (Wildman–Crippen LogP) is 2.79. The van der Waals surface area contributed by atoms with Gasteiger partial charge in [0.15, 0.2) is 5.65 Å². The van der Waals surface area contributed by atoms with Crippen LogP contribution in [0.5, 0.6) is 0 Å². The van der Waals surface area contributed by atoms with Gasteiger partial charge in [-0.15, -0.1) is 0 Å². The third-order valence-electron chi connectivity index (χ3n) is 4.27. The molecule has 6 heteroatoms. The number of carbonyl (C=O) groups excluding carboxylic acids is 1. The van der Waals surface area contributed by atoms with Gasteiger partial charge in [-0.05, 0) is 30.5 Å². The summed E-state index contributed by atoms with van der Waals surface area (Å²) < 4.78 is 0. The molecule has 1 aliphatic carbocycles. The highest BCUT2D eigenvalue weighted by Crippen LogP contribution is 2.39. The van der Waals surface area contributed by atoms with Gasteiger partial charge in [-0.25, -0.2) is 9.97 Å². The molecule has 3 aromatic rings. The summed E-state index contributed by atoms with van der Waals surface area (Å²) in [4.78, 5) is 23.3. The minimum Gasteiger partial charge on any atom is -0.385 e. The Kier molecular flexibility index (Phi) is 3.65. The lowest BCUT2D eigenvalue weighted by Gasteiger charge is -2.07. The molecule has 2 heterocycles. The average molecular weight is 321 g/mol. The minimum atomic E-state index is -0.307. The number of aromatic nitrogens is 3. The van der Waals surface area contributed by atoms with E-state index in [1.165, 1.54) is 12.8 Å². The first-order valence-corrected chi connectivity index (χ1v) is 8.17. The molecule has 0 unspecified atom stereocenters. The molecule has 0 aliphatic heterocycles. The van der Waals surface area contributed by atoms with E-state index in [4.69, 9.17) is 10.7 Å². The van der Waals surface area contributed by atoms with E-state index in [0.717, 1.165) is 33.7 Å². The minimum absolute atomic E-state index is 0.307. The summed E-state index contributed by atoms with van der Waals surface area (Å²) in [6, 6.07) is 8.06. The molecule has 6 nitrogen and oxygen atoms in total. The van der Waals surface area contributed by atoms with Crippen molar-refractivity contribution < 1.29 is 4.79 Å². The molecule has 4 N–H and O–H groups in total. The lowest BCUT2D eigenvalue weighted by molar-refractivity contribution is -0.117. The number of nitrogens with one attached hydrogen (secondary N) is 2. The van der Waals surface area contributed by atoms with Crippen molar-refractivity contribution >= 4 is 22.8 Å². The Balaban J connectivity index is 1.64. The molecule has 0 radical (unpaired) electrons. The average Bonchev–Trinajstić information content (AvgIpc) is 3.34. The SMILES string of the molecule is NC(=O)CCNc1cccc(-c2c[nH]c3ncc(C4CC4)nc23)c1. The predicted molar refractivity (Wildman–Crippen MR) is 93.6 cm³/mol. The van der Waals surface area contributed by atoms with E-state index < -0.39 is 0 Å². The first-order valence-electron chi connectivity index (χ1n) is 8.17. The van der Waals surface area contributed by atoms with Crippen LogP contribution in [-0.4, -0.2) is 27.4 Å². The fourth-order valence-electron chi connectivity index (χ4n) is 2.83. The van der Waals surface area contributed by atoms with Crippen LogP contribution in [0.15, 0.2) is 36.7 Å². The molecule has 24 heavy (non-hydrogen) atoms. The summed E-state index contributed by atoms with van der Waals surface area (Å²) in [7, 11) is 0. The van der Waals surface area contributed by atoms with Crippen molar-refractivity contribution in [2.24, 2.45) is 5.73 Å². The van der Waals surface area contributed by atoms with E-state index in [0.29, 0.717) is 18.9 Å². The van der Waals surface area contributed by atoms with Gasteiger partial charge < -0.3 is 16.0 Å². The van der Waals surface area contributed by atoms with Crippen molar-refractivity contribution in [3.63, 3.8) is 0 Å². The number of H-pyrrole nitrogens is 1. The fourth-order valence-corrected chi connectivity index (χ4v) is 2.83. The largest absolute Gasteiger partial charge is 0.385 e. The van der Waals surface area contributed by atoms with Crippen molar-refractivity contribution in [2.75, 3.05) is 11.9 Å². The van der Waals surface area contributed by atoms with Crippen molar-refractivity contribution in [3.05, 3.63) is 42.4 Å². The molecule has 2 aromatic heterocycles. The van der Waals surface area contributed by atoms with E-state index in [1.807, 2.05) is 30.6 Å². The van der Waals surface area contributed by atoms with E-state index in [1.54, 1.807) is 0 Å². The van der Waals surface area contributed by atoms with Crippen molar-refractivity contribution in [1.29, 1.82) is 0 Å². The van der Waals surface area contributed by atoms with Crippen LogP contribution in [0.1, 0.15) is 30.9 Å². The zero-order valence-electron chi connectivity index (χ0n) is 13.2. The third-order valence-corrected chi connectivity index (χ3v) is 4.27. The molecule has 0 bridgehead atoms. The quantitative estimate of drug-likeness (QED) is 0.650. The van der Waals surface area contributed by atoms with Gasteiger partial charge in [0, 0.05) is 36.3 Å². The zero-order valence-corrected chi connectivity index (χ0v) is 13.2. The Morgan fingerprint density at radius 2 is 2.25 bits per heavy atom. The number of hydrogen-bond donors (Lipinski definition) is 3. The highest BCUT2D eigenvalue weighted by molar-refractivity contribution is 5.91. The fraction of sp³-hybridized carbons (Fsp3) is 0.278. The molecule has 122 valence electrons. The van der Waals surface area contributed by atoms with Crippen LogP contribution in [0.2, 0.25) is 0 Å². The molecule has 4 rings (SSSR count). The second kappa shape index (κ2) is 5.96. The Morgan fingerprint density at radius 1 is 1.38 bits per heavy atom. The van der Waals surface area contributed by atoms with Gasteiger partial charge in [0.05, 0.1) is 11.9 Å². The monoisotopic (exact) mass is 321 g/mol. The summed E-state index contributed by atoms with van der Waals surface area (Å²) in [6.45, 7) is 0.526. The lowest BCUT2D eigenvalue weighted by atomic mass is 10.1. The van der Waals surface area contributed by atoms with Crippen LogP contribution in [0, 0.1) is 0 Å². The number of primary amides is 1. The van der Waals surface area contributed by atoms with Crippen LogP contribution in [0.3, 0.4) is 0 Å². The summed E-state index contributed by atoms with van der Waals surface area (Å²) in [6.07, 6.45) is 6.55. The number of rotatable bonds is 6. The first kappa shape index (κ1) is 14.7. The molecule has 1 aromatic carbocycles. The Hall–Kier alpha value is -2.89. The standard InChI is InChI=1S/C18H19N5O/c19-16(24)6-7-20-13-3-1-2-12(8-13)14-9-21-18-17(14)23-15(10-22-18)11-4-5-11/h1-3,8-11,20H,4-7H2,(H2,19,24)(H,21,22). The zero-order chi connectivity index (χ0) is 16.5. The van der Waals surface area contributed by atoms with Crippen molar-refractivity contribution in [1.82, 2.24) is 15.0 Å². The van der Waals surface area contributed by atoms with E-state index >= 15 is 0 Å². The van der Waals surface area contributed by atoms with Gasteiger partial charge in [-0.2, -0.15) is 0 Å². The number of hydrogen-bond acceptors (Lipinski definition) is 4. The summed E-state index contributed by atoms with van der Waals surface area (Å²) in [5.74, 6) is 0.268. The molecular weight excluding hydrogens is 302 g/mol. The smallest absolute Gasteiger partial charge is 0.219 e. The van der Waals surface area contributed by atoms with Crippen molar-refractivity contribution in [2.45, 2.75) is 25.2 Å². The third kappa shape index (κ3) is 2.95. The number of amides is 1. The van der Waals surface area contributed by atoms with Gasteiger partial charge in [-0.3, -0.25) is 4.79 Å². The number of benzene rings is 1. The van der Waals surface area contributed by atoms with Crippen LogP contribution in [-0.2, 0) is 4.79 Å². The highest BCUT2D eigenvalue weighted by Gasteiger charge is 2.26. The maximum Gasteiger partial charge on any atom is 0.219 e. The van der Waals surface area contributed by atoms with E-state index in [9.17, 15) is 4.79 Å². The van der Waals surface area contributed by atoms with Crippen molar-refractivity contribution in [3.8, 4) is 11.1 Å². The summed E-state index contributed by atoms with van der Waals surface area (Å²) in [5.41, 5.74) is 11.0. The van der Waals surface area contributed by atoms with Crippen LogP contribution in [0.4, 0.5) is 5.69 Å². The Morgan fingerprint density at radius 3 is 3.04 bits per heavy atom. The number of nitrogens with two attached hydrogens (primary N) is 1. The molecule has 1 saturated carbocycles. The normalized spacial score (nSPS) is 14.0. The summed E-state index contributed by atoms with van der Waals surface area (Å²) >= 11 is 0. The lowest BCUT2D eigenvalue weighted by Crippen LogP contribution is -2.15. The van der Waals surface area contributed by atoms with Crippen LogP contribution < -0.4 is 11.1 Å².